The number of thiocarbonyl (C=S) groups is 1. The molecular weight excluding hydrogens is 447 g/mol. The maximum atomic E-state index is 14.1. The first kappa shape index (κ1) is 22.0. The summed E-state index contributed by atoms with van der Waals surface area (Å²) in [6.07, 6.45) is 0. The van der Waals surface area contributed by atoms with Gasteiger partial charge in [-0.1, -0.05) is 64.8 Å². The van der Waals surface area contributed by atoms with Crippen LogP contribution in [-0.4, -0.2) is 15.3 Å². The van der Waals surface area contributed by atoms with E-state index >= 15 is 0 Å². The van der Waals surface area contributed by atoms with Crippen LogP contribution in [0.1, 0.15) is 35.5 Å². The molecule has 1 atom stereocenters. The van der Waals surface area contributed by atoms with Crippen LogP contribution in [0.3, 0.4) is 0 Å². The zero-order valence-electron chi connectivity index (χ0n) is 19.0. The van der Waals surface area contributed by atoms with Gasteiger partial charge in [-0.05, 0) is 62.8 Å². The highest BCUT2D eigenvalue weighted by atomic mass is 32.1. The van der Waals surface area contributed by atoms with E-state index in [4.69, 9.17) is 21.7 Å². The standard InChI is InChI=1S/C27H23FN4OS/c1-16-10-12-19(13-11-16)24-23(26-30-25(31-33-26)20-7-4-6-17(2)14-20)18(3)32(27(34)29-24)22-9-5-8-21(28)15-22/h4-15,24H,1-3H3,(H,29,34). The van der Waals surface area contributed by atoms with Crippen molar-refractivity contribution in [1.82, 2.24) is 15.5 Å². The van der Waals surface area contributed by atoms with Gasteiger partial charge in [-0.3, -0.25) is 4.90 Å². The van der Waals surface area contributed by atoms with Gasteiger partial charge in [0, 0.05) is 11.3 Å². The molecule has 0 aliphatic carbocycles. The molecule has 1 aliphatic heterocycles. The quantitative estimate of drug-likeness (QED) is 0.350. The second kappa shape index (κ2) is 8.83. The lowest BCUT2D eigenvalue weighted by Gasteiger charge is -2.37. The summed E-state index contributed by atoms with van der Waals surface area (Å²) in [5.41, 5.74) is 6.35. The van der Waals surface area contributed by atoms with E-state index in [-0.39, 0.29) is 11.9 Å². The molecule has 1 aromatic heterocycles. The predicted octanol–water partition coefficient (Wildman–Crippen LogP) is 6.36. The number of nitrogens with zero attached hydrogens (tertiary/aromatic N) is 3. The van der Waals surface area contributed by atoms with Crippen LogP contribution in [-0.2, 0) is 0 Å². The first-order valence-corrected chi connectivity index (χ1v) is 11.4. The van der Waals surface area contributed by atoms with Crippen molar-refractivity contribution in [3.63, 3.8) is 0 Å². The SMILES string of the molecule is CC1=C(c2nc(-c3cccc(C)c3)no2)C(c2ccc(C)cc2)NC(=S)N1c1cccc(F)c1. The molecule has 7 heteroatoms. The average Bonchev–Trinajstić information content (AvgIpc) is 3.29. The molecule has 0 saturated carbocycles. The van der Waals surface area contributed by atoms with Crippen LogP contribution in [0.15, 0.2) is 83.0 Å². The molecule has 0 radical (unpaired) electrons. The highest BCUT2D eigenvalue weighted by Gasteiger charge is 2.34. The Morgan fingerprint density at radius 1 is 0.941 bits per heavy atom. The van der Waals surface area contributed by atoms with Crippen molar-refractivity contribution in [2.45, 2.75) is 26.8 Å². The number of halogens is 1. The minimum Gasteiger partial charge on any atom is -0.351 e. The normalized spacial score (nSPS) is 16.1. The monoisotopic (exact) mass is 470 g/mol. The van der Waals surface area contributed by atoms with Gasteiger partial charge in [0.1, 0.15) is 5.82 Å². The Hall–Kier alpha value is -3.84. The molecule has 5 rings (SSSR count). The lowest BCUT2D eigenvalue weighted by molar-refractivity contribution is 0.404. The van der Waals surface area contributed by atoms with Crippen molar-refractivity contribution in [3.8, 4) is 11.4 Å². The number of aromatic nitrogens is 2. The van der Waals surface area contributed by atoms with Gasteiger partial charge in [0.2, 0.25) is 5.82 Å². The summed E-state index contributed by atoms with van der Waals surface area (Å²) in [4.78, 5) is 6.54. The van der Waals surface area contributed by atoms with E-state index in [1.54, 1.807) is 11.0 Å². The molecule has 1 unspecified atom stereocenters. The smallest absolute Gasteiger partial charge is 0.258 e. The number of benzene rings is 3. The lowest BCUT2D eigenvalue weighted by Crippen LogP contribution is -2.46. The van der Waals surface area contributed by atoms with E-state index in [2.05, 4.69) is 34.7 Å². The van der Waals surface area contributed by atoms with E-state index in [0.29, 0.717) is 22.5 Å². The second-order valence-electron chi connectivity index (χ2n) is 8.40. The molecule has 0 bridgehead atoms. The maximum Gasteiger partial charge on any atom is 0.258 e. The first-order chi connectivity index (χ1) is 16.4. The molecule has 3 aromatic carbocycles. The fourth-order valence-corrected chi connectivity index (χ4v) is 4.55. The van der Waals surface area contributed by atoms with Crippen molar-refractivity contribution in [2.24, 2.45) is 0 Å². The molecule has 2 heterocycles. The number of rotatable bonds is 4. The van der Waals surface area contributed by atoms with Gasteiger partial charge in [-0.15, -0.1) is 0 Å². The van der Waals surface area contributed by atoms with E-state index in [9.17, 15) is 4.39 Å². The van der Waals surface area contributed by atoms with Crippen LogP contribution >= 0.6 is 12.2 Å². The highest BCUT2D eigenvalue weighted by molar-refractivity contribution is 7.80. The van der Waals surface area contributed by atoms with Crippen molar-refractivity contribution >= 4 is 28.6 Å². The number of hydrogen-bond acceptors (Lipinski definition) is 4. The predicted molar refractivity (Wildman–Crippen MR) is 136 cm³/mol. The third-order valence-electron chi connectivity index (χ3n) is 5.89. The summed E-state index contributed by atoms with van der Waals surface area (Å²) in [5, 5.41) is 8.13. The Balaban J connectivity index is 1.66. The van der Waals surface area contributed by atoms with Crippen LogP contribution in [0.2, 0.25) is 0 Å². The largest absolute Gasteiger partial charge is 0.351 e. The Labute approximate surface area is 202 Å². The number of allylic oxidation sites excluding steroid dienone is 1. The third kappa shape index (κ3) is 4.10. The Bertz CT molecular complexity index is 1410. The van der Waals surface area contributed by atoms with Gasteiger partial charge in [0.05, 0.1) is 17.3 Å². The number of hydrogen-bond donors (Lipinski definition) is 1. The van der Waals surface area contributed by atoms with E-state index in [1.165, 1.54) is 12.1 Å². The minimum absolute atomic E-state index is 0.302. The summed E-state index contributed by atoms with van der Waals surface area (Å²) < 4.78 is 19.8. The average molecular weight is 471 g/mol. The van der Waals surface area contributed by atoms with Gasteiger partial charge < -0.3 is 9.84 Å². The zero-order valence-corrected chi connectivity index (χ0v) is 19.9. The van der Waals surface area contributed by atoms with Crippen LogP contribution in [0.4, 0.5) is 10.1 Å². The maximum absolute atomic E-state index is 14.1. The van der Waals surface area contributed by atoms with Gasteiger partial charge in [-0.25, -0.2) is 4.39 Å². The minimum atomic E-state index is -0.338. The zero-order chi connectivity index (χ0) is 23.8. The molecule has 1 N–H and O–H groups in total. The summed E-state index contributed by atoms with van der Waals surface area (Å²) >= 11 is 5.72. The van der Waals surface area contributed by atoms with Gasteiger partial charge in [0.15, 0.2) is 5.11 Å². The summed E-state index contributed by atoms with van der Waals surface area (Å²) in [7, 11) is 0. The summed E-state index contributed by atoms with van der Waals surface area (Å²) in [5.74, 6) is 0.554. The Kier molecular flexibility index (Phi) is 5.71. The number of nitrogens with one attached hydrogen (secondary N) is 1. The highest BCUT2D eigenvalue weighted by Crippen LogP contribution is 2.39. The fraction of sp³-hybridized carbons (Fsp3) is 0.148. The molecule has 0 spiro atoms. The van der Waals surface area contributed by atoms with Crippen molar-refractivity contribution in [3.05, 3.63) is 107 Å². The van der Waals surface area contributed by atoms with Crippen LogP contribution in [0.25, 0.3) is 17.0 Å². The third-order valence-corrected chi connectivity index (χ3v) is 6.19. The van der Waals surface area contributed by atoms with Crippen molar-refractivity contribution < 1.29 is 8.91 Å². The van der Waals surface area contributed by atoms with Gasteiger partial charge >= 0.3 is 0 Å². The summed E-state index contributed by atoms with van der Waals surface area (Å²) in [6, 6.07) is 22.2. The van der Waals surface area contributed by atoms with E-state index in [0.717, 1.165) is 33.5 Å². The fourth-order valence-electron chi connectivity index (χ4n) is 4.19. The molecule has 0 amide bonds. The molecule has 0 fully saturated rings. The first-order valence-electron chi connectivity index (χ1n) is 11.0. The van der Waals surface area contributed by atoms with Crippen LogP contribution in [0, 0.1) is 19.7 Å². The van der Waals surface area contributed by atoms with Crippen molar-refractivity contribution in [2.75, 3.05) is 4.90 Å². The Morgan fingerprint density at radius 2 is 1.71 bits per heavy atom. The molecule has 170 valence electrons. The molecular formula is C27H23FN4OS. The Morgan fingerprint density at radius 3 is 2.44 bits per heavy atom. The number of anilines is 1. The summed E-state index contributed by atoms with van der Waals surface area (Å²) in [6.45, 7) is 6.00. The van der Waals surface area contributed by atoms with E-state index < -0.39 is 0 Å². The molecule has 4 aromatic rings. The van der Waals surface area contributed by atoms with Gasteiger partial charge in [-0.2, -0.15) is 4.98 Å². The van der Waals surface area contributed by atoms with E-state index in [1.807, 2.05) is 51.1 Å². The lowest BCUT2D eigenvalue weighted by atomic mass is 9.94. The van der Waals surface area contributed by atoms with Crippen LogP contribution in [0.5, 0.6) is 0 Å². The molecule has 5 nitrogen and oxygen atoms in total. The van der Waals surface area contributed by atoms with Gasteiger partial charge in [0.25, 0.3) is 5.89 Å². The second-order valence-corrected chi connectivity index (χ2v) is 8.79. The molecule has 0 saturated heterocycles. The topological polar surface area (TPSA) is 54.2 Å². The van der Waals surface area contributed by atoms with Crippen LogP contribution < -0.4 is 10.2 Å². The number of aryl methyl sites for hydroxylation is 2. The molecule has 1 aliphatic rings. The van der Waals surface area contributed by atoms with Crippen molar-refractivity contribution in [1.29, 1.82) is 0 Å². The molecule has 34 heavy (non-hydrogen) atoms.